The first-order valence-electron chi connectivity index (χ1n) is 6.33. The number of nitrogen functional groups attached to an aromatic ring is 1. The number of methoxy groups -OCH3 is 1. The van der Waals surface area contributed by atoms with Crippen molar-refractivity contribution in [3.8, 4) is 5.75 Å². The van der Waals surface area contributed by atoms with E-state index in [1.165, 1.54) is 11.1 Å². The van der Waals surface area contributed by atoms with Crippen molar-refractivity contribution < 1.29 is 4.74 Å². The molecule has 0 aliphatic heterocycles. The van der Waals surface area contributed by atoms with E-state index in [0.29, 0.717) is 11.3 Å². The van der Waals surface area contributed by atoms with Crippen LogP contribution < -0.4 is 10.5 Å². The van der Waals surface area contributed by atoms with Crippen molar-refractivity contribution in [3.05, 3.63) is 65.2 Å². The predicted octanol–water partition coefficient (Wildman–Crippen LogP) is 3.41. The maximum Gasteiger partial charge on any atom is 0.130 e. The summed E-state index contributed by atoms with van der Waals surface area (Å²) in [4.78, 5) is 0. The highest BCUT2D eigenvalue weighted by Crippen LogP contribution is 2.24. The lowest BCUT2D eigenvalue weighted by Gasteiger charge is -2.09. The van der Waals surface area contributed by atoms with Gasteiger partial charge in [-0.3, -0.25) is 5.41 Å². The van der Waals surface area contributed by atoms with Gasteiger partial charge in [0, 0.05) is 11.5 Å². The molecule has 0 aromatic heterocycles. The molecule has 20 heavy (non-hydrogen) atoms. The Bertz CT molecular complexity index is 584. The Morgan fingerprint density at radius 1 is 1.10 bits per heavy atom. The molecule has 0 saturated heterocycles. The molecule has 104 valence electrons. The number of rotatable bonds is 6. The van der Waals surface area contributed by atoms with E-state index in [1.807, 2.05) is 36.0 Å². The minimum absolute atomic E-state index is 0.0327. The lowest BCUT2D eigenvalue weighted by molar-refractivity contribution is 0.413. The lowest BCUT2D eigenvalue weighted by atomic mass is 10.1. The molecule has 0 atom stereocenters. The maximum atomic E-state index is 7.49. The molecule has 2 aromatic rings. The summed E-state index contributed by atoms with van der Waals surface area (Å²) in [7, 11) is 1.60. The molecule has 0 heterocycles. The SMILES string of the molecule is COc1cc(CSCc2ccccc2)ccc1C(=N)N. The van der Waals surface area contributed by atoms with Crippen LogP contribution in [-0.2, 0) is 11.5 Å². The van der Waals surface area contributed by atoms with Crippen LogP contribution in [0.5, 0.6) is 5.75 Å². The van der Waals surface area contributed by atoms with Crippen LogP contribution in [0.1, 0.15) is 16.7 Å². The summed E-state index contributed by atoms with van der Waals surface area (Å²) in [5, 5.41) is 7.49. The standard InChI is InChI=1S/C16H18N2OS/c1-19-15-9-13(7-8-14(15)16(17)18)11-20-10-12-5-3-2-4-6-12/h2-9H,10-11H2,1H3,(H3,17,18). The van der Waals surface area contributed by atoms with Crippen LogP contribution in [0.25, 0.3) is 0 Å². The Kier molecular flexibility index (Phi) is 5.07. The fourth-order valence-electron chi connectivity index (χ4n) is 1.91. The van der Waals surface area contributed by atoms with Gasteiger partial charge in [-0.1, -0.05) is 36.4 Å². The van der Waals surface area contributed by atoms with E-state index in [9.17, 15) is 0 Å². The van der Waals surface area contributed by atoms with Crippen molar-refractivity contribution in [1.82, 2.24) is 0 Å². The summed E-state index contributed by atoms with van der Waals surface area (Å²) in [5.74, 6) is 2.58. The highest BCUT2D eigenvalue weighted by atomic mass is 32.2. The van der Waals surface area contributed by atoms with Crippen molar-refractivity contribution in [2.24, 2.45) is 5.73 Å². The van der Waals surface area contributed by atoms with Crippen molar-refractivity contribution >= 4 is 17.6 Å². The van der Waals surface area contributed by atoms with Crippen LogP contribution in [0.4, 0.5) is 0 Å². The van der Waals surface area contributed by atoms with Gasteiger partial charge in [-0.15, -0.1) is 0 Å². The van der Waals surface area contributed by atoms with E-state index >= 15 is 0 Å². The van der Waals surface area contributed by atoms with Crippen molar-refractivity contribution in [2.75, 3.05) is 7.11 Å². The van der Waals surface area contributed by atoms with Gasteiger partial charge in [-0.25, -0.2) is 0 Å². The Morgan fingerprint density at radius 2 is 1.80 bits per heavy atom. The molecule has 0 aliphatic rings. The zero-order valence-corrected chi connectivity index (χ0v) is 12.2. The zero-order chi connectivity index (χ0) is 14.4. The summed E-state index contributed by atoms with van der Waals surface area (Å²) in [5.41, 5.74) is 8.66. The Hall–Kier alpha value is -1.94. The first-order chi connectivity index (χ1) is 9.70. The average Bonchev–Trinajstić information content (AvgIpc) is 2.48. The number of hydrogen-bond donors (Lipinski definition) is 2. The molecule has 0 amide bonds. The van der Waals surface area contributed by atoms with Crippen molar-refractivity contribution in [1.29, 1.82) is 5.41 Å². The van der Waals surface area contributed by atoms with Crippen LogP contribution >= 0.6 is 11.8 Å². The molecule has 0 unspecified atom stereocenters. The molecule has 0 spiro atoms. The number of hydrogen-bond acceptors (Lipinski definition) is 3. The van der Waals surface area contributed by atoms with E-state index in [0.717, 1.165) is 11.5 Å². The van der Waals surface area contributed by atoms with Crippen LogP contribution in [0.3, 0.4) is 0 Å². The topological polar surface area (TPSA) is 59.1 Å². The van der Waals surface area contributed by atoms with Gasteiger partial charge in [0.05, 0.1) is 12.7 Å². The second-order valence-corrected chi connectivity index (χ2v) is 5.41. The van der Waals surface area contributed by atoms with E-state index in [4.69, 9.17) is 15.9 Å². The van der Waals surface area contributed by atoms with Gasteiger partial charge in [0.25, 0.3) is 0 Å². The fraction of sp³-hybridized carbons (Fsp3) is 0.188. The summed E-state index contributed by atoms with van der Waals surface area (Å²) >= 11 is 1.85. The van der Waals surface area contributed by atoms with Gasteiger partial charge in [-0.2, -0.15) is 11.8 Å². The van der Waals surface area contributed by atoms with Gasteiger partial charge in [-0.05, 0) is 23.3 Å². The molecular weight excluding hydrogens is 268 g/mol. The van der Waals surface area contributed by atoms with E-state index in [2.05, 4.69) is 24.3 Å². The van der Waals surface area contributed by atoms with Crippen LogP contribution in [0.15, 0.2) is 48.5 Å². The molecule has 3 nitrogen and oxygen atoms in total. The number of amidine groups is 1. The van der Waals surface area contributed by atoms with Crippen LogP contribution in [0.2, 0.25) is 0 Å². The van der Waals surface area contributed by atoms with Gasteiger partial charge in [0.2, 0.25) is 0 Å². The van der Waals surface area contributed by atoms with Gasteiger partial charge >= 0.3 is 0 Å². The van der Waals surface area contributed by atoms with Crippen LogP contribution in [-0.4, -0.2) is 12.9 Å². The van der Waals surface area contributed by atoms with E-state index in [1.54, 1.807) is 7.11 Å². The third-order valence-electron chi connectivity index (χ3n) is 2.94. The number of benzene rings is 2. The molecule has 0 saturated carbocycles. The van der Waals surface area contributed by atoms with Gasteiger partial charge in [0.15, 0.2) is 0 Å². The number of ether oxygens (including phenoxy) is 1. The number of nitrogens with two attached hydrogens (primary N) is 1. The number of nitrogens with one attached hydrogen (secondary N) is 1. The Labute approximate surface area is 123 Å². The van der Waals surface area contributed by atoms with E-state index in [-0.39, 0.29) is 5.84 Å². The lowest BCUT2D eigenvalue weighted by Crippen LogP contribution is -2.12. The highest BCUT2D eigenvalue weighted by molar-refractivity contribution is 7.97. The smallest absolute Gasteiger partial charge is 0.130 e. The number of thioether (sulfide) groups is 1. The monoisotopic (exact) mass is 286 g/mol. The minimum atomic E-state index is 0.0327. The van der Waals surface area contributed by atoms with Gasteiger partial charge in [0.1, 0.15) is 11.6 Å². The molecule has 0 bridgehead atoms. The molecule has 4 heteroatoms. The first-order valence-corrected chi connectivity index (χ1v) is 7.49. The summed E-state index contributed by atoms with van der Waals surface area (Å²) < 4.78 is 5.28. The summed E-state index contributed by atoms with van der Waals surface area (Å²) in [6.07, 6.45) is 0. The molecule has 3 N–H and O–H groups in total. The third-order valence-corrected chi connectivity index (χ3v) is 4.01. The highest BCUT2D eigenvalue weighted by Gasteiger charge is 2.07. The minimum Gasteiger partial charge on any atom is -0.496 e. The summed E-state index contributed by atoms with van der Waals surface area (Å²) in [6, 6.07) is 16.2. The van der Waals surface area contributed by atoms with Gasteiger partial charge < -0.3 is 10.5 Å². The second kappa shape index (κ2) is 7.01. The predicted molar refractivity (Wildman–Crippen MR) is 85.5 cm³/mol. The molecule has 0 fully saturated rings. The molecule has 2 aromatic carbocycles. The summed E-state index contributed by atoms with van der Waals surface area (Å²) in [6.45, 7) is 0. The maximum absolute atomic E-state index is 7.49. The second-order valence-electron chi connectivity index (χ2n) is 4.43. The molecule has 0 radical (unpaired) electrons. The van der Waals surface area contributed by atoms with Crippen LogP contribution in [0, 0.1) is 5.41 Å². The average molecular weight is 286 g/mol. The largest absolute Gasteiger partial charge is 0.496 e. The Balaban J connectivity index is 1.98. The van der Waals surface area contributed by atoms with Crippen molar-refractivity contribution in [3.63, 3.8) is 0 Å². The van der Waals surface area contributed by atoms with Crippen molar-refractivity contribution in [2.45, 2.75) is 11.5 Å². The fourth-order valence-corrected chi connectivity index (χ4v) is 2.85. The molecule has 2 rings (SSSR count). The zero-order valence-electron chi connectivity index (χ0n) is 11.4. The molecule has 0 aliphatic carbocycles. The molecular formula is C16H18N2OS. The Morgan fingerprint density at radius 3 is 2.45 bits per heavy atom. The van der Waals surface area contributed by atoms with E-state index < -0.39 is 0 Å². The first kappa shape index (κ1) is 14.5. The third kappa shape index (κ3) is 3.78. The quantitative estimate of drug-likeness (QED) is 0.632. The normalized spacial score (nSPS) is 10.2.